The Morgan fingerprint density at radius 2 is 1.89 bits per heavy atom. The number of ether oxygens (including phenoxy) is 1. The highest BCUT2D eigenvalue weighted by Crippen LogP contribution is 2.13. The summed E-state index contributed by atoms with van der Waals surface area (Å²) in [5, 5.41) is 0. The van der Waals surface area contributed by atoms with Crippen molar-refractivity contribution in [2.75, 3.05) is 31.2 Å². The van der Waals surface area contributed by atoms with Gasteiger partial charge in [0.2, 0.25) is 5.91 Å². The molecule has 1 saturated heterocycles. The predicted molar refractivity (Wildman–Crippen MR) is 75.8 cm³/mol. The van der Waals surface area contributed by atoms with Gasteiger partial charge in [0.1, 0.15) is 5.75 Å². The second-order valence-electron chi connectivity index (χ2n) is 4.48. The first-order valence-corrected chi connectivity index (χ1v) is 8.02. The van der Waals surface area contributed by atoms with Gasteiger partial charge in [-0.25, -0.2) is 0 Å². The highest BCUT2D eigenvalue weighted by atomic mass is 32.2. The van der Waals surface area contributed by atoms with Crippen LogP contribution in [0, 0.1) is 0 Å². The van der Waals surface area contributed by atoms with Crippen LogP contribution in [-0.4, -0.2) is 46.2 Å². The van der Waals surface area contributed by atoms with Crippen molar-refractivity contribution in [3.8, 4) is 5.75 Å². The minimum Gasteiger partial charge on any atom is -0.494 e. The topological polar surface area (TPSA) is 46.6 Å². The van der Waals surface area contributed by atoms with Crippen LogP contribution in [-0.2, 0) is 22.0 Å². The van der Waals surface area contributed by atoms with E-state index in [1.807, 2.05) is 31.2 Å². The summed E-state index contributed by atoms with van der Waals surface area (Å²) in [7, 11) is -0.740. The first-order chi connectivity index (χ1) is 9.19. The van der Waals surface area contributed by atoms with Crippen LogP contribution in [0.5, 0.6) is 5.75 Å². The first kappa shape index (κ1) is 14.1. The Hall–Kier alpha value is -1.36. The summed E-state index contributed by atoms with van der Waals surface area (Å²) >= 11 is 0. The molecule has 5 heteroatoms. The molecular weight excluding hydrogens is 262 g/mol. The molecule has 104 valence electrons. The molecule has 1 aromatic carbocycles. The summed E-state index contributed by atoms with van der Waals surface area (Å²) in [6, 6.07) is 7.62. The fourth-order valence-corrected chi connectivity index (χ4v) is 3.10. The van der Waals surface area contributed by atoms with E-state index in [1.54, 1.807) is 4.90 Å². The maximum absolute atomic E-state index is 12.1. The number of hydrogen-bond acceptors (Lipinski definition) is 3. The van der Waals surface area contributed by atoms with Gasteiger partial charge in [-0.1, -0.05) is 12.1 Å². The Morgan fingerprint density at radius 3 is 2.47 bits per heavy atom. The molecular formula is C14H19NO3S. The van der Waals surface area contributed by atoms with Crippen LogP contribution >= 0.6 is 0 Å². The zero-order chi connectivity index (χ0) is 13.7. The van der Waals surface area contributed by atoms with Crippen LogP contribution in [0.2, 0.25) is 0 Å². The lowest BCUT2D eigenvalue weighted by atomic mass is 10.1. The number of rotatable bonds is 4. The average Bonchev–Trinajstić information content (AvgIpc) is 2.42. The molecule has 0 saturated carbocycles. The lowest BCUT2D eigenvalue weighted by Crippen LogP contribution is -2.42. The molecule has 1 fully saturated rings. The normalized spacial score (nSPS) is 16.4. The zero-order valence-electron chi connectivity index (χ0n) is 11.1. The van der Waals surface area contributed by atoms with E-state index >= 15 is 0 Å². The molecule has 1 aliphatic heterocycles. The van der Waals surface area contributed by atoms with Gasteiger partial charge in [0, 0.05) is 35.4 Å². The maximum atomic E-state index is 12.1. The van der Waals surface area contributed by atoms with Crippen LogP contribution in [0.3, 0.4) is 0 Å². The fourth-order valence-electron chi connectivity index (χ4n) is 2.04. The van der Waals surface area contributed by atoms with Gasteiger partial charge in [0.25, 0.3) is 0 Å². The van der Waals surface area contributed by atoms with Crippen molar-refractivity contribution in [1.82, 2.24) is 4.90 Å². The second kappa shape index (κ2) is 6.70. The molecule has 1 amide bonds. The molecule has 4 nitrogen and oxygen atoms in total. The average molecular weight is 281 g/mol. The molecule has 0 radical (unpaired) electrons. The Morgan fingerprint density at radius 1 is 1.26 bits per heavy atom. The van der Waals surface area contributed by atoms with E-state index in [4.69, 9.17) is 4.74 Å². The van der Waals surface area contributed by atoms with Crippen molar-refractivity contribution in [2.45, 2.75) is 13.3 Å². The molecule has 0 aromatic heterocycles. The van der Waals surface area contributed by atoms with Crippen LogP contribution in [0.15, 0.2) is 24.3 Å². The Bertz CT molecular complexity index is 448. The molecule has 0 unspecified atom stereocenters. The molecule has 0 N–H and O–H groups in total. The summed E-state index contributed by atoms with van der Waals surface area (Å²) < 4.78 is 16.6. The summed E-state index contributed by atoms with van der Waals surface area (Å²) in [5.74, 6) is 2.15. The number of benzene rings is 1. The highest BCUT2D eigenvalue weighted by Gasteiger charge is 2.19. The standard InChI is InChI=1S/C14H19NO3S/c1-2-18-13-5-3-12(4-6-13)11-14(16)15-7-9-19(17)10-8-15/h3-6H,2,7-11H2,1H3. The highest BCUT2D eigenvalue weighted by molar-refractivity contribution is 7.85. The molecule has 0 bridgehead atoms. The second-order valence-corrected chi connectivity index (χ2v) is 6.18. The largest absolute Gasteiger partial charge is 0.494 e. The predicted octanol–water partition coefficient (Wildman–Crippen LogP) is 1.22. The van der Waals surface area contributed by atoms with Crippen molar-refractivity contribution >= 4 is 16.7 Å². The summed E-state index contributed by atoms with van der Waals surface area (Å²) in [5.41, 5.74) is 0.986. The minimum absolute atomic E-state index is 0.112. The first-order valence-electron chi connectivity index (χ1n) is 6.53. The van der Waals surface area contributed by atoms with E-state index in [-0.39, 0.29) is 5.91 Å². The van der Waals surface area contributed by atoms with E-state index in [2.05, 4.69) is 0 Å². The van der Waals surface area contributed by atoms with Crippen LogP contribution in [0.4, 0.5) is 0 Å². The van der Waals surface area contributed by atoms with Crippen molar-refractivity contribution in [1.29, 1.82) is 0 Å². The number of nitrogens with zero attached hydrogens (tertiary/aromatic N) is 1. The van der Waals surface area contributed by atoms with Gasteiger partial charge in [-0.05, 0) is 24.6 Å². The number of carbonyl (C=O) groups is 1. The third kappa shape index (κ3) is 4.06. The lowest BCUT2D eigenvalue weighted by Gasteiger charge is -2.26. The molecule has 0 atom stereocenters. The van der Waals surface area contributed by atoms with Crippen molar-refractivity contribution in [3.05, 3.63) is 29.8 Å². The summed E-state index contributed by atoms with van der Waals surface area (Å²) in [6.45, 7) is 3.81. The van der Waals surface area contributed by atoms with Crippen molar-refractivity contribution in [3.63, 3.8) is 0 Å². The van der Waals surface area contributed by atoms with E-state index < -0.39 is 10.8 Å². The van der Waals surface area contributed by atoms with Crippen molar-refractivity contribution < 1.29 is 13.7 Å². The van der Waals surface area contributed by atoms with E-state index in [9.17, 15) is 9.00 Å². The molecule has 19 heavy (non-hydrogen) atoms. The van der Waals surface area contributed by atoms with Gasteiger partial charge in [-0.3, -0.25) is 9.00 Å². The third-order valence-corrected chi connectivity index (χ3v) is 4.40. The molecule has 1 aliphatic rings. The van der Waals surface area contributed by atoms with Crippen LogP contribution in [0.25, 0.3) is 0 Å². The lowest BCUT2D eigenvalue weighted by molar-refractivity contribution is -0.130. The van der Waals surface area contributed by atoms with E-state index in [0.717, 1.165) is 11.3 Å². The molecule has 1 heterocycles. The number of amides is 1. The van der Waals surface area contributed by atoms with Crippen molar-refractivity contribution in [2.24, 2.45) is 0 Å². The molecule has 0 aliphatic carbocycles. The maximum Gasteiger partial charge on any atom is 0.227 e. The Balaban J connectivity index is 1.89. The Labute approximate surface area is 116 Å². The van der Waals surface area contributed by atoms with Crippen LogP contribution in [0.1, 0.15) is 12.5 Å². The SMILES string of the molecule is CCOc1ccc(CC(=O)N2CCS(=O)CC2)cc1. The van der Waals surface area contributed by atoms with Crippen LogP contribution < -0.4 is 4.74 Å². The quantitative estimate of drug-likeness (QED) is 0.833. The molecule has 2 rings (SSSR count). The van der Waals surface area contributed by atoms with Gasteiger partial charge >= 0.3 is 0 Å². The number of carbonyl (C=O) groups excluding carboxylic acids is 1. The van der Waals surface area contributed by atoms with Gasteiger partial charge in [-0.15, -0.1) is 0 Å². The Kier molecular flexibility index (Phi) is 4.96. The zero-order valence-corrected chi connectivity index (χ0v) is 11.9. The van der Waals surface area contributed by atoms with E-state index in [1.165, 1.54) is 0 Å². The van der Waals surface area contributed by atoms with Gasteiger partial charge in [-0.2, -0.15) is 0 Å². The third-order valence-electron chi connectivity index (χ3n) is 3.12. The fraction of sp³-hybridized carbons (Fsp3) is 0.500. The number of hydrogen-bond donors (Lipinski definition) is 0. The van der Waals surface area contributed by atoms with E-state index in [0.29, 0.717) is 37.6 Å². The summed E-state index contributed by atoms with van der Waals surface area (Å²) in [6.07, 6.45) is 0.402. The molecule has 0 spiro atoms. The monoisotopic (exact) mass is 281 g/mol. The summed E-state index contributed by atoms with van der Waals surface area (Å²) in [4.78, 5) is 13.9. The van der Waals surface area contributed by atoms with Gasteiger partial charge in [0.15, 0.2) is 0 Å². The minimum atomic E-state index is -0.740. The molecule has 1 aromatic rings. The van der Waals surface area contributed by atoms with Gasteiger partial charge < -0.3 is 9.64 Å². The smallest absolute Gasteiger partial charge is 0.227 e. The van der Waals surface area contributed by atoms with Gasteiger partial charge in [0.05, 0.1) is 13.0 Å².